The van der Waals surface area contributed by atoms with Gasteiger partial charge in [0.2, 0.25) is 5.91 Å². The van der Waals surface area contributed by atoms with Gasteiger partial charge in [-0.05, 0) is 52.7 Å². The molecular formula is C20H30N6O2. The number of nitrogens with one attached hydrogen (secondary N) is 1. The first-order valence-electron chi connectivity index (χ1n) is 9.85. The third-order valence-electron chi connectivity index (χ3n) is 5.15. The fraction of sp³-hybridized carbons (Fsp3) is 0.600. The van der Waals surface area contributed by atoms with Gasteiger partial charge >= 0.3 is 0 Å². The lowest BCUT2D eigenvalue weighted by molar-refractivity contribution is -0.122. The lowest BCUT2D eigenvalue weighted by Crippen LogP contribution is -2.47. The summed E-state index contributed by atoms with van der Waals surface area (Å²) in [5.74, 6) is -0.0497. The maximum Gasteiger partial charge on any atom is 0.242 e. The molecular weight excluding hydrogens is 356 g/mol. The van der Waals surface area contributed by atoms with Crippen LogP contribution in [0.5, 0.6) is 0 Å². The lowest BCUT2D eigenvalue weighted by Gasteiger charge is -2.34. The van der Waals surface area contributed by atoms with Crippen molar-refractivity contribution in [1.82, 2.24) is 30.2 Å². The maximum absolute atomic E-state index is 12.4. The number of pyridine rings is 1. The Kier molecular flexibility index (Phi) is 6.10. The van der Waals surface area contributed by atoms with Crippen LogP contribution >= 0.6 is 0 Å². The van der Waals surface area contributed by atoms with E-state index in [2.05, 4.69) is 39.4 Å². The first-order chi connectivity index (χ1) is 13.2. The van der Waals surface area contributed by atoms with Crippen LogP contribution in [-0.4, -0.2) is 61.1 Å². The van der Waals surface area contributed by atoms with Crippen LogP contribution in [0.15, 0.2) is 24.5 Å². The highest BCUT2D eigenvalue weighted by molar-refractivity contribution is 5.76. The van der Waals surface area contributed by atoms with E-state index < -0.39 is 5.60 Å². The van der Waals surface area contributed by atoms with Crippen LogP contribution in [0.1, 0.15) is 46.2 Å². The lowest BCUT2D eigenvalue weighted by atomic mass is 10.0. The number of piperidine rings is 1. The average Bonchev–Trinajstić information content (AvgIpc) is 3.10. The van der Waals surface area contributed by atoms with Crippen LogP contribution in [-0.2, 0) is 16.9 Å². The van der Waals surface area contributed by atoms with E-state index in [1.165, 1.54) is 4.68 Å². The summed E-state index contributed by atoms with van der Waals surface area (Å²) in [7, 11) is 0. The molecule has 1 amide bonds. The Bertz CT molecular complexity index is 803. The largest absolute Gasteiger partial charge is 0.384 e. The maximum atomic E-state index is 12.4. The number of carbonyl (C=O) groups excluding carboxylic acids is 1. The van der Waals surface area contributed by atoms with Gasteiger partial charge in [-0.15, -0.1) is 5.10 Å². The topological polar surface area (TPSA) is 96.2 Å². The fourth-order valence-corrected chi connectivity index (χ4v) is 3.41. The molecule has 8 heteroatoms. The Hall–Kier alpha value is -2.32. The van der Waals surface area contributed by atoms with Crippen molar-refractivity contribution in [2.45, 2.75) is 64.8 Å². The summed E-state index contributed by atoms with van der Waals surface area (Å²) < 4.78 is 1.54. The molecule has 1 aliphatic heterocycles. The summed E-state index contributed by atoms with van der Waals surface area (Å²) in [6.45, 7) is 9.95. The molecule has 0 spiro atoms. The zero-order valence-electron chi connectivity index (χ0n) is 17.1. The standard InChI is InChI=1S/C20H30N6O2/c1-14(2)25-9-6-16(7-10-25)22-19(27)13-26-12-17(23-24-26)15-5-8-21-18(11-15)20(3,4)28/h5,8,11-12,14,16,28H,6-7,9-10,13H2,1-4H3,(H,22,27). The van der Waals surface area contributed by atoms with Gasteiger partial charge in [0.15, 0.2) is 0 Å². The van der Waals surface area contributed by atoms with E-state index in [1.54, 1.807) is 32.3 Å². The van der Waals surface area contributed by atoms with Gasteiger partial charge in [-0.2, -0.15) is 0 Å². The second-order valence-corrected chi connectivity index (χ2v) is 8.26. The van der Waals surface area contributed by atoms with Gasteiger partial charge in [0.05, 0.1) is 11.9 Å². The molecule has 0 aliphatic carbocycles. The third-order valence-corrected chi connectivity index (χ3v) is 5.15. The van der Waals surface area contributed by atoms with Gasteiger partial charge in [0, 0.05) is 36.9 Å². The quantitative estimate of drug-likeness (QED) is 0.782. The number of nitrogens with zero attached hydrogens (tertiary/aromatic N) is 5. The van der Waals surface area contributed by atoms with Gasteiger partial charge in [0.1, 0.15) is 17.8 Å². The van der Waals surface area contributed by atoms with Crippen molar-refractivity contribution in [2.24, 2.45) is 0 Å². The van der Waals surface area contributed by atoms with E-state index in [0.29, 0.717) is 17.4 Å². The Morgan fingerprint density at radius 1 is 1.36 bits per heavy atom. The minimum atomic E-state index is -1.03. The van der Waals surface area contributed by atoms with Crippen LogP contribution in [0.3, 0.4) is 0 Å². The molecule has 1 saturated heterocycles. The molecule has 2 aromatic heterocycles. The van der Waals surface area contributed by atoms with E-state index in [1.807, 2.05) is 6.07 Å². The highest BCUT2D eigenvalue weighted by Gasteiger charge is 2.22. The molecule has 3 heterocycles. The second-order valence-electron chi connectivity index (χ2n) is 8.26. The van der Waals surface area contributed by atoms with E-state index in [-0.39, 0.29) is 18.5 Å². The Balaban J connectivity index is 1.57. The summed E-state index contributed by atoms with van der Waals surface area (Å²) in [6.07, 6.45) is 5.33. The number of aliphatic hydroxyl groups is 1. The molecule has 3 rings (SSSR count). The van der Waals surface area contributed by atoms with E-state index in [9.17, 15) is 9.90 Å². The van der Waals surface area contributed by atoms with Crippen molar-refractivity contribution in [1.29, 1.82) is 0 Å². The predicted molar refractivity (Wildman–Crippen MR) is 106 cm³/mol. The zero-order valence-corrected chi connectivity index (χ0v) is 17.1. The number of carbonyl (C=O) groups is 1. The molecule has 0 bridgehead atoms. The number of amides is 1. The van der Waals surface area contributed by atoms with Crippen LogP contribution in [0, 0.1) is 0 Å². The van der Waals surface area contributed by atoms with Gasteiger partial charge in [-0.1, -0.05) is 5.21 Å². The number of likely N-dealkylation sites (tertiary alicyclic amines) is 1. The van der Waals surface area contributed by atoms with Crippen LogP contribution in [0.2, 0.25) is 0 Å². The summed E-state index contributed by atoms with van der Waals surface area (Å²) >= 11 is 0. The van der Waals surface area contributed by atoms with Crippen LogP contribution in [0.25, 0.3) is 11.3 Å². The van der Waals surface area contributed by atoms with Crippen molar-refractivity contribution >= 4 is 5.91 Å². The van der Waals surface area contributed by atoms with Crippen molar-refractivity contribution in [3.63, 3.8) is 0 Å². The summed E-state index contributed by atoms with van der Waals surface area (Å²) in [5.41, 5.74) is 0.979. The molecule has 28 heavy (non-hydrogen) atoms. The second kappa shape index (κ2) is 8.36. The first kappa shape index (κ1) is 20.4. The van der Waals surface area contributed by atoms with Crippen molar-refractivity contribution in [2.75, 3.05) is 13.1 Å². The SMILES string of the molecule is CC(C)N1CCC(NC(=O)Cn2cc(-c3ccnc(C(C)(C)O)c3)nn2)CC1. The first-order valence-corrected chi connectivity index (χ1v) is 9.85. The van der Waals surface area contributed by atoms with Crippen LogP contribution in [0.4, 0.5) is 0 Å². The molecule has 0 atom stereocenters. The molecule has 1 aliphatic rings. The summed E-state index contributed by atoms with van der Waals surface area (Å²) in [5, 5.41) is 21.5. The minimum Gasteiger partial charge on any atom is -0.384 e. The molecule has 0 aromatic carbocycles. The number of aromatic nitrogens is 4. The van der Waals surface area contributed by atoms with E-state index >= 15 is 0 Å². The third kappa shape index (κ3) is 5.14. The smallest absolute Gasteiger partial charge is 0.242 e. The van der Waals surface area contributed by atoms with Crippen LogP contribution < -0.4 is 5.32 Å². The predicted octanol–water partition coefficient (Wildman–Crippen LogP) is 1.56. The number of rotatable bonds is 6. The average molecular weight is 387 g/mol. The minimum absolute atomic E-state index is 0.0497. The monoisotopic (exact) mass is 386 g/mol. The molecule has 152 valence electrons. The molecule has 2 N–H and O–H groups in total. The number of hydrogen-bond acceptors (Lipinski definition) is 6. The van der Waals surface area contributed by atoms with Gasteiger partial charge in [0.25, 0.3) is 0 Å². The Labute approximate surface area is 166 Å². The van der Waals surface area contributed by atoms with E-state index in [4.69, 9.17) is 0 Å². The van der Waals surface area contributed by atoms with Gasteiger partial charge in [-0.25, -0.2) is 4.68 Å². The Morgan fingerprint density at radius 3 is 2.71 bits per heavy atom. The highest BCUT2D eigenvalue weighted by atomic mass is 16.3. The molecule has 1 fully saturated rings. The Morgan fingerprint density at radius 2 is 2.07 bits per heavy atom. The van der Waals surface area contributed by atoms with Gasteiger partial charge in [-0.3, -0.25) is 9.78 Å². The molecule has 0 unspecified atom stereocenters. The van der Waals surface area contributed by atoms with Crippen molar-refractivity contribution in [3.05, 3.63) is 30.2 Å². The normalized spacial score (nSPS) is 16.5. The number of hydrogen-bond donors (Lipinski definition) is 2. The summed E-state index contributed by atoms with van der Waals surface area (Å²) in [4.78, 5) is 19.0. The van der Waals surface area contributed by atoms with Crippen molar-refractivity contribution < 1.29 is 9.90 Å². The van der Waals surface area contributed by atoms with Gasteiger partial charge < -0.3 is 15.3 Å². The molecule has 0 saturated carbocycles. The fourth-order valence-electron chi connectivity index (χ4n) is 3.41. The summed E-state index contributed by atoms with van der Waals surface area (Å²) in [6, 6.07) is 4.37. The molecule has 0 radical (unpaired) electrons. The van der Waals surface area contributed by atoms with Crippen molar-refractivity contribution in [3.8, 4) is 11.3 Å². The molecule has 8 nitrogen and oxygen atoms in total. The molecule has 2 aromatic rings. The highest BCUT2D eigenvalue weighted by Crippen LogP contribution is 2.23. The van der Waals surface area contributed by atoms with E-state index in [0.717, 1.165) is 31.5 Å². The zero-order chi connectivity index (χ0) is 20.3.